The van der Waals surface area contributed by atoms with E-state index >= 15 is 0 Å². The fourth-order valence-corrected chi connectivity index (χ4v) is 4.85. The maximum Gasteiger partial charge on any atom is 0.290 e. The van der Waals surface area contributed by atoms with Crippen LogP contribution in [0.3, 0.4) is 0 Å². The Labute approximate surface area is 223 Å². The minimum Gasteiger partial charge on any atom is -0.503 e. The Bertz CT molecular complexity index is 1640. The number of ketones is 1. The fourth-order valence-electron chi connectivity index (χ4n) is 4.85. The molecule has 39 heavy (non-hydrogen) atoms. The molecule has 1 amide bonds. The first-order chi connectivity index (χ1) is 18.9. The van der Waals surface area contributed by atoms with Gasteiger partial charge in [-0.25, -0.2) is 0 Å². The molecule has 1 aliphatic heterocycles. The van der Waals surface area contributed by atoms with E-state index in [-0.39, 0.29) is 17.8 Å². The number of aromatic amines is 1. The van der Waals surface area contributed by atoms with Crippen molar-refractivity contribution < 1.29 is 24.4 Å². The highest BCUT2D eigenvalue weighted by Crippen LogP contribution is 2.39. The SMILES string of the molecule is COc1ccc2[nH]cc(CCN3C(=O)C(O)=C(C(=O)/C=C/c4ccccc4)[C@@H]3c3cccc([N+](=O)[O-])c3)c2c1. The van der Waals surface area contributed by atoms with Gasteiger partial charge in [0.15, 0.2) is 11.5 Å². The van der Waals surface area contributed by atoms with Crippen molar-refractivity contribution in [3.05, 3.63) is 123 Å². The van der Waals surface area contributed by atoms with E-state index in [0.717, 1.165) is 22.0 Å². The topological polar surface area (TPSA) is 126 Å². The number of allylic oxidation sites excluding steroid dienone is 1. The number of aromatic nitrogens is 1. The number of ether oxygens (including phenoxy) is 1. The smallest absolute Gasteiger partial charge is 0.290 e. The second-order valence-electron chi connectivity index (χ2n) is 9.10. The molecule has 2 N–H and O–H groups in total. The number of fused-ring (bicyclic) bond motifs is 1. The lowest BCUT2D eigenvalue weighted by Gasteiger charge is -2.26. The van der Waals surface area contributed by atoms with Crippen molar-refractivity contribution in [1.29, 1.82) is 0 Å². The molecule has 0 aliphatic carbocycles. The number of nitro benzene ring substituents is 1. The summed E-state index contributed by atoms with van der Waals surface area (Å²) >= 11 is 0. The third kappa shape index (κ3) is 5.02. The molecule has 1 aromatic heterocycles. The number of hydrogen-bond donors (Lipinski definition) is 2. The van der Waals surface area contributed by atoms with E-state index in [1.165, 1.54) is 29.2 Å². The summed E-state index contributed by atoms with van der Waals surface area (Å²) in [5, 5.41) is 23.3. The highest BCUT2D eigenvalue weighted by molar-refractivity contribution is 6.14. The van der Waals surface area contributed by atoms with Gasteiger partial charge in [-0.1, -0.05) is 48.5 Å². The lowest BCUT2D eigenvalue weighted by molar-refractivity contribution is -0.384. The Kier molecular flexibility index (Phi) is 6.96. The zero-order chi connectivity index (χ0) is 27.5. The third-order valence-corrected chi connectivity index (χ3v) is 6.79. The van der Waals surface area contributed by atoms with Crippen LogP contribution in [0.25, 0.3) is 17.0 Å². The molecule has 0 radical (unpaired) electrons. The number of methoxy groups -OCH3 is 1. The van der Waals surface area contributed by atoms with Crippen LogP contribution >= 0.6 is 0 Å². The summed E-state index contributed by atoms with van der Waals surface area (Å²) in [5.41, 5.74) is 2.65. The zero-order valence-corrected chi connectivity index (χ0v) is 21.0. The minimum absolute atomic E-state index is 0.117. The number of nitro groups is 1. The molecule has 0 spiro atoms. The molecule has 3 aromatic carbocycles. The van der Waals surface area contributed by atoms with Gasteiger partial charge in [0.25, 0.3) is 11.6 Å². The first kappa shape index (κ1) is 25.5. The minimum atomic E-state index is -0.995. The highest BCUT2D eigenvalue weighted by Gasteiger charge is 2.43. The fraction of sp³-hybridized carbons (Fsp3) is 0.133. The van der Waals surface area contributed by atoms with Gasteiger partial charge in [0.1, 0.15) is 5.75 Å². The van der Waals surface area contributed by atoms with E-state index < -0.39 is 28.4 Å². The van der Waals surface area contributed by atoms with Crippen molar-refractivity contribution >= 4 is 34.4 Å². The summed E-state index contributed by atoms with van der Waals surface area (Å²) in [5.74, 6) is -1.23. The van der Waals surface area contributed by atoms with Gasteiger partial charge in [0.05, 0.1) is 23.6 Å². The predicted molar refractivity (Wildman–Crippen MR) is 146 cm³/mol. The molecule has 2 heterocycles. The van der Waals surface area contributed by atoms with Crippen LogP contribution in [-0.2, 0) is 16.0 Å². The zero-order valence-electron chi connectivity index (χ0n) is 21.0. The van der Waals surface area contributed by atoms with Crippen LogP contribution in [-0.4, -0.2) is 45.3 Å². The van der Waals surface area contributed by atoms with E-state index in [4.69, 9.17) is 4.74 Å². The van der Waals surface area contributed by atoms with E-state index in [1.54, 1.807) is 19.3 Å². The van der Waals surface area contributed by atoms with Crippen LogP contribution < -0.4 is 4.74 Å². The van der Waals surface area contributed by atoms with Crippen LogP contribution in [0.4, 0.5) is 5.69 Å². The number of hydrogen-bond acceptors (Lipinski definition) is 6. The maximum atomic E-state index is 13.4. The van der Waals surface area contributed by atoms with Gasteiger partial charge >= 0.3 is 0 Å². The Hall–Kier alpha value is -5.18. The number of benzene rings is 3. The standard InChI is InChI=1S/C30H25N3O6/c1-39-23-11-12-25-24(17-23)21(18-31-25)14-15-32-28(20-8-5-9-22(16-20)33(37)38)27(29(35)30(32)36)26(34)13-10-19-6-3-2-4-7-19/h2-13,16-18,28,31,35H,14-15H2,1H3/b13-10+/t28-/m0/s1. The van der Waals surface area contributed by atoms with Crippen molar-refractivity contribution in [3.8, 4) is 5.75 Å². The molecule has 5 rings (SSSR count). The van der Waals surface area contributed by atoms with Crippen LogP contribution in [0, 0.1) is 10.1 Å². The number of non-ortho nitro benzene ring substituents is 1. The lowest BCUT2D eigenvalue weighted by atomic mass is 9.95. The summed E-state index contributed by atoms with van der Waals surface area (Å²) in [6, 6.07) is 19.6. The molecule has 0 saturated carbocycles. The number of H-pyrrole nitrogens is 1. The van der Waals surface area contributed by atoms with Gasteiger partial charge in [-0.3, -0.25) is 19.7 Å². The summed E-state index contributed by atoms with van der Waals surface area (Å²) in [6.07, 6.45) is 5.14. The molecule has 1 aliphatic rings. The van der Waals surface area contributed by atoms with Crippen molar-refractivity contribution in [2.24, 2.45) is 0 Å². The first-order valence-electron chi connectivity index (χ1n) is 12.3. The van der Waals surface area contributed by atoms with Gasteiger partial charge in [-0.05, 0) is 47.4 Å². The van der Waals surface area contributed by atoms with Crippen molar-refractivity contribution in [3.63, 3.8) is 0 Å². The molecule has 0 saturated heterocycles. The quantitative estimate of drug-likeness (QED) is 0.174. The number of rotatable bonds is 9. The van der Waals surface area contributed by atoms with E-state index in [9.17, 15) is 24.8 Å². The number of aliphatic hydroxyl groups is 1. The van der Waals surface area contributed by atoms with Crippen molar-refractivity contribution in [1.82, 2.24) is 9.88 Å². The molecule has 0 unspecified atom stereocenters. The Morgan fingerprint density at radius 1 is 1.13 bits per heavy atom. The summed E-state index contributed by atoms with van der Waals surface area (Å²) < 4.78 is 5.34. The highest BCUT2D eigenvalue weighted by atomic mass is 16.6. The van der Waals surface area contributed by atoms with Crippen LogP contribution in [0.15, 0.2) is 96.4 Å². The molecule has 4 aromatic rings. The summed E-state index contributed by atoms with van der Waals surface area (Å²) in [4.78, 5) is 42.2. The van der Waals surface area contributed by atoms with Gasteiger partial charge in [0, 0.05) is 35.8 Å². The largest absolute Gasteiger partial charge is 0.503 e. The Balaban J connectivity index is 1.50. The number of nitrogens with one attached hydrogen (secondary N) is 1. The molecule has 9 nitrogen and oxygen atoms in total. The number of carbonyl (C=O) groups is 2. The Morgan fingerprint density at radius 2 is 1.92 bits per heavy atom. The molecule has 9 heteroatoms. The van der Waals surface area contributed by atoms with Gasteiger partial charge in [-0.15, -0.1) is 0 Å². The molecule has 1 atom stereocenters. The summed E-state index contributed by atoms with van der Waals surface area (Å²) in [7, 11) is 1.58. The molecule has 0 fully saturated rings. The average Bonchev–Trinajstić information content (AvgIpc) is 3.48. The van der Waals surface area contributed by atoms with E-state index in [1.807, 2.05) is 54.7 Å². The predicted octanol–water partition coefficient (Wildman–Crippen LogP) is 5.31. The molecule has 0 bridgehead atoms. The number of carbonyl (C=O) groups excluding carboxylic acids is 2. The number of amides is 1. The molecular formula is C30H25N3O6. The molecule has 196 valence electrons. The monoisotopic (exact) mass is 523 g/mol. The van der Waals surface area contributed by atoms with Gasteiger partial charge in [-0.2, -0.15) is 0 Å². The third-order valence-electron chi connectivity index (χ3n) is 6.79. The van der Waals surface area contributed by atoms with Crippen molar-refractivity contribution in [2.75, 3.05) is 13.7 Å². The second kappa shape index (κ2) is 10.7. The van der Waals surface area contributed by atoms with Crippen molar-refractivity contribution in [2.45, 2.75) is 12.5 Å². The van der Waals surface area contributed by atoms with E-state index in [2.05, 4.69) is 4.98 Å². The van der Waals surface area contributed by atoms with Crippen LogP contribution in [0.5, 0.6) is 5.75 Å². The maximum absolute atomic E-state index is 13.4. The normalized spacial score (nSPS) is 15.5. The number of nitrogens with zero attached hydrogens (tertiary/aromatic N) is 2. The van der Waals surface area contributed by atoms with Crippen LogP contribution in [0.2, 0.25) is 0 Å². The number of aliphatic hydroxyl groups excluding tert-OH is 1. The lowest BCUT2D eigenvalue weighted by Crippen LogP contribution is -2.33. The van der Waals surface area contributed by atoms with Gasteiger partial charge < -0.3 is 19.7 Å². The summed E-state index contributed by atoms with van der Waals surface area (Å²) in [6.45, 7) is 0.152. The van der Waals surface area contributed by atoms with E-state index in [0.29, 0.717) is 17.7 Å². The van der Waals surface area contributed by atoms with Gasteiger partial charge in [0.2, 0.25) is 0 Å². The average molecular weight is 524 g/mol. The second-order valence-corrected chi connectivity index (χ2v) is 9.10. The first-order valence-corrected chi connectivity index (χ1v) is 12.3. The molecular weight excluding hydrogens is 498 g/mol. The van der Waals surface area contributed by atoms with Crippen LogP contribution in [0.1, 0.15) is 22.7 Å². The Morgan fingerprint density at radius 3 is 2.67 bits per heavy atom.